The van der Waals surface area contributed by atoms with E-state index in [4.69, 9.17) is 16.3 Å². The van der Waals surface area contributed by atoms with Gasteiger partial charge in [0.15, 0.2) is 0 Å². The van der Waals surface area contributed by atoms with E-state index in [1.165, 1.54) is 6.07 Å². The molecule has 15 heavy (non-hydrogen) atoms. The minimum Gasteiger partial charge on any atom is -0.373 e. The molecule has 0 heterocycles. The monoisotopic (exact) mass is 228 g/mol. The molecule has 0 N–H and O–H groups in total. The van der Waals surface area contributed by atoms with Crippen LogP contribution in [0, 0.1) is 11.7 Å². The highest BCUT2D eigenvalue weighted by Crippen LogP contribution is 2.30. The van der Waals surface area contributed by atoms with Gasteiger partial charge in [-0.3, -0.25) is 0 Å². The lowest BCUT2D eigenvalue weighted by Gasteiger charge is -2.32. The van der Waals surface area contributed by atoms with Crippen LogP contribution in [0.25, 0.3) is 0 Å². The van der Waals surface area contributed by atoms with E-state index >= 15 is 0 Å². The zero-order valence-electron chi connectivity index (χ0n) is 8.67. The molecule has 1 aromatic carbocycles. The minimum atomic E-state index is -0.283. The fraction of sp³-hybridized carbons (Fsp3) is 0.500. The zero-order valence-corrected chi connectivity index (χ0v) is 9.43. The lowest BCUT2D eigenvalue weighted by molar-refractivity contribution is -0.0360. The second kappa shape index (κ2) is 4.50. The Morgan fingerprint density at radius 3 is 2.80 bits per heavy atom. The number of benzene rings is 1. The summed E-state index contributed by atoms with van der Waals surface area (Å²) in [6.07, 6.45) is 2.44. The maximum atomic E-state index is 13.3. The summed E-state index contributed by atoms with van der Waals surface area (Å²) in [5.74, 6) is 0.459. The van der Waals surface area contributed by atoms with E-state index in [1.807, 2.05) is 0 Å². The summed E-state index contributed by atoms with van der Waals surface area (Å²) in [6, 6.07) is 4.70. The highest BCUT2D eigenvalue weighted by molar-refractivity contribution is 6.31. The van der Waals surface area contributed by atoms with Crippen molar-refractivity contribution in [1.29, 1.82) is 0 Å². The van der Waals surface area contributed by atoms with Crippen LogP contribution in [0.15, 0.2) is 18.2 Å². The highest BCUT2D eigenvalue weighted by atomic mass is 35.5. The van der Waals surface area contributed by atoms with E-state index in [2.05, 4.69) is 6.92 Å². The fourth-order valence-electron chi connectivity index (χ4n) is 1.84. The Kier molecular flexibility index (Phi) is 3.27. The Morgan fingerprint density at radius 2 is 2.20 bits per heavy atom. The molecule has 1 fully saturated rings. The van der Waals surface area contributed by atoms with E-state index < -0.39 is 0 Å². The summed E-state index contributed by atoms with van der Waals surface area (Å²) in [6.45, 7) is 2.47. The standard InChI is InChI=1S/C12H14ClFO/c1-8-5-9(6-8)15-7-10-11(13)3-2-4-12(10)14/h2-4,8-9H,5-7H2,1H3. The number of hydrogen-bond acceptors (Lipinski definition) is 1. The predicted molar refractivity (Wildman–Crippen MR) is 58.4 cm³/mol. The van der Waals surface area contributed by atoms with E-state index in [0.717, 1.165) is 18.8 Å². The molecular weight excluding hydrogens is 215 g/mol. The Hall–Kier alpha value is -0.600. The van der Waals surface area contributed by atoms with Crippen molar-refractivity contribution in [3.8, 4) is 0 Å². The van der Waals surface area contributed by atoms with Gasteiger partial charge in [-0.2, -0.15) is 0 Å². The Bertz CT molecular complexity index is 327. The Balaban J connectivity index is 1.93. The molecule has 0 saturated heterocycles. The van der Waals surface area contributed by atoms with Gasteiger partial charge in [0.05, 0.1) is 12.7 Å². The number of ether oxygens (including phenoxy) is 1. The lowest BCUT2D eigenvalue weighted by Crippen LogP contribution is -2.29. The first-order valence-corrected chi connectivity index (χ1v) is 5.59. The van der Waals surface area contributed by atoms with Crippen LogP contribution in [0.1, 0.15) is 25.3 Å². The van der Waals surface area contributed by atoms with Gasteiger partial charge in [-0.05, 0) is 30.9 Å². The summed E-state index contributed by atoms with van der Waals surface area (Å²) in [4.78, 5) is 0. The summed E-state index contributed by atoms with van der Waals surface area (Å²) >= 11 is 5.88. The summed E-state index contributed by atoms with van der Waals surface area (Å²) in [7, 11) is 0. The molecule has 1 aliphatic carbocycles. The second-order valence-electron chi connectivity index (χ2n) is 4.21. The van der Waals surface area contributed by atoms with Gasteiger partial charge in [0.25, 0.3) is 0 Å². The lowest BCUT2D eigenvalue weighted by atomic mass is 9.84. The van der Waals surface area contributed by atoms with Crippen molar-refractivity contribution in [3.63, 3.8) is 0 Å². The smallest absolute Gasteiger partial charge is 0.130 e. The molecular formula is C12H14ClFO. The van der Waals surface area contributed by atoms with E-state index in [-0.39, 0.29) is 18.5 Å². The molecule has 0 bridgehead atoms. The van der Waals surface area contributed by atoms with Gasteiger partial charge < -0.3 is 4.74 Å². The molecule has 3 heteroatoms. The van der Waals surface area contributed by atoms with Gasteiger partial charge in [-0.15, -0.1) is 0 Å². The van der Waals surface area contributed by atoms with Gasteiger partial charge >= 0.3 is 0 Å². The van der Waals surface area contributed by atoms with Crippen molar-refractivity contribution in [2.75, 3.05) is 0 Å². The number of hydrogen-bond donors (Lipinski definition) is 0. The maximum absolute atomic E-state index is 13.3. The van der Waals surface area contributed by atoms with Gasteiger partial charge in [0.1, 0.15) is 5.82 Å². The first kappa shape index (κ1) is 10.9. The van der Waals surface area contributed by atoms with Gasteiger partial charge in [-0.1, -0.05) is 24.6 Å². The van der Waals surface area contributed by atoms with Gasteiger partial charge in [0, 0.05) is 10.6 Å². The Morgan fingerprint density at radius 1 is 1.47 bits per heavy atom. The molecule has 1 aromatic rings. The largest absolute Gasteiger partial charge is 0.373 e. The zero-order chi connectivity index (χ0) is 10.8. The molecule has 0 spiro atoms. The van der Waals surface area contributed by atoms with Crippen LogP contribution in [0.3, 0.4) is 0 Å². The highest BCUT2D eigenvalue weighted by Gasteiger charge is 2.26. The van der Waals surface area contributed by atoms with Crippen LogP contribution < -0.4 is 0 Å². The fourth-order valence-corrected chi connectivity index (χ4v) is 2.05. The van der Waals surface area contributed by atoms with Gasteiger partial charge in [0.2, 0.25) is 0 Å². The van der Waals surface area contributed by atoms with Crippen LogP contribution in [-0.2, 0) is 11.3 Å². The van der Waals surface area contributed by atoms with Crippen molar-refractivity contribution in [3.05, 3.63) is 34.6 Å². The minimum absolute atomic E-state index is 0.281. The van der Waals surface area contributed by atoms with Crippen LogP contribution in [0.2, 0.25) is 5.02 Å². The van der Waals surface area contributed by atoms with Gasteiger partial charge in [-0.25, -0.2) is 4.39 Å². The topological polar surface area (TPSA) is 9.23 Å². The molecule has 2 rings (SSSR count). The average molecular weight is 229 g/mol. The van der Waals surface area contributed by atoms with Crippen LogP contribution in [0.5, 0.6) is 0 Å². The molecule has 0 amide bonds. The SMILES string of the molecule is CC1CC(OCc2c(F)cccc2Cl)C1. The van der Waals surface area contributed by atoms with E-state index in [1.54, 1.807) is 12.1 Å². The van der Waals surface area contributed by atoms with E-state index in [9.17, 15) is 4.39 Å². The third-order valence-corrected chi connectivity index (χ3v) is 3.21. The third-order valence-electron chi connectivity index (χ3n) is 2.86. The average Bonchev–Trinajstić information content (AvgIpc) is 2.14. The molecule has 82 valence electrons. The normalized spacial score (nSPS) is 25.0. The molecule has 1 aliphatic rings. The van der Waals surface area contributed by atoms with E-state index in [0.29, 0.717) is 10.6 Å². The van der Waals surface area contributed by atoms with Crippen LogP contribution >= 0.6 is 11.6 Å². The van der Waals surface area contributed by atoms with Crippen molar-refractivity contribution >= 4 is 11.6 Å². The first-order chi connectivity index (χ1) is 7.16. The summed E-state index contributed by atoms with van der Waals surface area (Å²) < 4.78 is 18.9. The van der Waals surface area contributed by atoms with Crippen molar-refractivity contribution in [1.82, 2.24) is 0 Å². The molecule has 0 atom stereocenters. The van der Waals surface area contributed by atoms with Crippen molar-refractivity contribution < 1.29 is 9.13 Å². The van der Waals surface area contributed by atoms with Crippen LogP contribution in [-0.4, -0.2) is 6.10 Å². The van der Waals surface area contributed by atoms with Crippen molar-refractivity contribution in [2.24, 2.45) is 5.92 Å². The first-order valence-electron chi connectivity index (χ1n) is 5.21. The quantitative estimate of drug-likeness (QED) is 0.765. The molecule has 0 radical (unpaired) electrons. The number of rotatable bonds is 3. The second-order valence-corrected chi connectivity index (χ2v) is 4.62. The molecule has 1 saturated carbocycles. The summed E-state index contributed by atoms with van der Waals surface area (Å²) in [5.41, 5.74) is 0.471. The third kappa shape index (κ3) is 2.50. The molecule has 0 aliphatic heterocycles. The molecule has 0 unspecified atom stereocenters. The Labute approximate surface area is 94.2 Å². The molecule has 1 nitrogen and oxygen atoms in total. The predicted octanol–water partition coefficient (Wildman–Crippen LogP) is 3.79. The molecule has 0 aromatic heterocycles. The number of halogens is 2. The van der Waals surface area contributed by atoms with Crippen molar-refractivity contribution in [2.45, 2.75) is 32.5 Å². The maximum Gasteiger partial charge on any atom is 0.130 e. The summed E-state index contributed by atoms with van der Waals surface area (Å²) in [5, 5.41) is 0.447. The van der Waals surface area contributed by atoms with Crippen LogP contribution in [0.4, 0.5) is 4.39 Å².